The number of ketones is 1. The van der Waals surface area contributed by atoms with E-state index in [1.165, 1.54) is 18.4 Å². The predicted molar refractivity (Wildman–Crippen MR) is 108 cm³/mol. The number of hydrogen-bond acceptors (Lipinski definition) is 5. The molecule has 2 rings (SSSR count). The molecule has 1 heterocycles. The molecule has 0 bridgehead atoms. The second-order valence-electron chi connectivity index (χ2n) is 8.35. The van der Waals surface area contributed by atoms with Crippen molar-refractivity contribution in [3.63, 3.8) is 0 Å². The van der Waals surface area contributed by atoms with Crippen LogP contribution in [0.2, 0.25) is 18.1 Å². The number of allylic oxidation sites excluding steroid dienone is 1. The zero-order valence-corrected chi connectivity index (χ0v) is 18.5. The highest BCUT2D eigenvalue weighted by Crippen LogP contribution is 2.39. The lowest BCUT2D eigenvalue weighted by Gasteiger charge is -2.37. The van der Waals surface area contributed by atoms with Gasteiger partial charge < -0.3 is 9.16 Å². The number of carbonyl (C=O) groups is 2. The summed E-state index contributed by atoms with van der Waals surface area (Å²) in [6, 6.07) is 3.76. The monoisotopic (exact) mass is 394 g/mol. The lowest BCUT2D eigenvalue weighted by atomic mass is 10.1. The van der Waals surface area contributed by atoms with Crippen molar-refractivity contribution in [3.05, 3.63) is 33.5 Å². The average molecular weight is 395 g/mol. The molecule has 26 heavy (non-hydrogen) atoms. The lowest BCUT2D eigenvalue weighted by Crippen LogP contribution is -2.43. The molecule has 0 saturated heterocycles. The zero-order chi connectivity index (χ0) is 19.5. The molecule has 1 atom stereocenters. The van der Waals surface area contributed by atoms with E-state index in [1.54, 1.807) is 6.07 Å². The number of Topliss-reactive ketones (excluding diaryl/α,β-unsaturated/α-hetero) is 1. The maximum absolute atomic E-state index is 12.3. The van der Waals surface area contributed by atoms with Gasteiger partial charge in [-0.25, -0.2) is 4.79 Å². The highest BCUT2D eigenvalue weighted by molar-refractivity contribution is 7.13. The maximum atomic E-state index is 12.3. The van der Waals surface area contributed by atoms with Gasteiger partial charge in [0.1, 0.15) is 4.88 Å². The van der Waals surface area contributed by atoms with Gasteiger partial charge in [0.2, 0.25) is 0 Å². The van der Waals surface area contributed by atoms with Gasteiger partial charge in [-0.3, -0.25) is 4.79 Å². The van der Waals surface area contributed by atoms with Crippen molar-refractivity contribution in [3.8, 4) is 0 Å². The summed E-state index contributed by atoms with van der Waals surface area (Å²) in [5.74, 6) is -0.0734. The third kappa shape index (κ3) is 5.15. The Balaban J connectivity index is 1.88. The first-order valence-electron chi connectivity index (χ1n) is 9.12. The second kappa shape index (κ2) is 8.19. The van der Waals surface area contributed by atoms with Gasteiger partial charge in [-0.2, -0.15) is 0 Å². The minimum absolute atomic E-state index is 0.0638. The number of esters is 1. The summed E-state index contributed by atoms with van der Waals surface area (Å²) in [7, 11) is -0.473. The van der Waals surface area contributed by atoms with E-state index in [0.717, 1.165) is 29.7 Å². The number of hydrogen-bond donors (Lipinski definition) is 0. The summed E-state index contributed by atoms with van der Waals surface area (Å²) in [6.45, 7) is 11.1. The van der Waals surface area contributed by atoms with E-state index in [-0.39, 0.29) is 22.9 Å². The van der Waals surface area contributed by atoms with Gasteiger partial charge in [0.15, 0.2) is 14.1 Å². The number of thiophene rings is 1. The number of rotatable bonds is 7. The predicted octanol–water partition coefficient (Wildman–Crippen LogP) is 5.15. The minimum Gasteiger partial charge on any atom is -0.465 e. The molecule has 144 valence electrons. The van der Waals surface area contributed by atoms with Crippen molar-refractivity contribution in [2.75, 3.05) is 7.11 Å². The molecule has 6 heteroatoms. The Hall–Kier alpha value is -1.24. The standard InChI is InChI=1S/C20H30O4SSi/c1-20(2,3)26(5,6)24-15-12-14(17(21)13-15)8-7-9-16-10-11-18(25-16)19(22)23-4/h10-12,15H,7-9,13H2,1-6H3. The fourth-order valence-corrected chi connectivity index (χ4v) is 4.95. The quantitative estimate of drug-likeness (QED) is 0.474. The molecule has 0 amide bonds. The van der Waals surface area contributed by atoms with Crippen LogP contribution in [0.15, 0.2) is 23.8 Å². The van der Waals surface area contributed by atoms with Gasteiger partial charge in [-0.05, 0) is 61.2 Å². The Bertz CT molecular complexity index is 697. The van der Waals surface area contributed by atoms with Crippen LogP contribution >= 0.6 is 11.3 Å². The zero-order valence-electron chi connectivity index (χ0n) is 16.7. The topological polar surface area (TPSA) is 52.6 Å². The van der Waals surface area contributed by atoms with E-state index in [9.17, 15) is 9.59 Å². The molecule has 0 saturated carbocycles. The van der Waals surface area contributed by atoms with Gasteiger partial charge in [-0.1, -0.05) is 20.8 Å². The van der Waals surface area contributed by atoms with Crippen LogP contribution in [0.1, 0.15) is 54.6 Å². The molecular formula is C20H30O4SSi. The smallest absolute Gasteiger partial charge is 0.348 e. The fourth-order valence-electron chi connectivity index (χ4n) is 2.72. The molecule has 0 N–H and O–H groups in total. The van der Waals surface area contributed by atoms with Crippen LogP contribution in [-0.2, 0) is 20.4 Å². The van der Waals surface area contributed by atoms with E-state index in [0.29, 0.717) is 11.3 Å². The van der Waals surface area contributed by atoms with Crippen molar-refractivity contribution in [1.82, 2.24) is 0 Å². The molecule has 1 aliphatic carbocycles. The molecule has 0 fully saturated rings. The van der Waals surface area contributed by atoms with Crippen LogP contribution in [0.5, 0.6) is 0 Å². The van der Waals surface area contributed by atoms with Crippen molar-refractivity contribution < 1.29 is 18.8 Å². The largest absolute Gasteiger partial charge is 0.465 e. The van der Waals surface area contributed by atoms with Crippen molar-refractivity contribution in [2.24, 2.45) is 0 Å². The number of ether oxygens (including phenoxy) is 1. The van der Waals surface area contributed by atoms with E-state index >= 15 is 0 Å². The van der Waals surface area contributed by atoms with E-state index in [4.69, 9.17) is 9.16 Å². The Morgan fingerprint density at radius 1 is 1.27 bits per heavy atom. The molecule has 0 aromatic carbocycles. The third-order valence-electron chi connectivity index (χ3n) is 5.30. The number of carbonyl (C=O) groups excluding carboxylic acids is 2. The van der Waals surface area contributed by atoms with Crippen LogP contribution in [0.4, 0.5) is 0 Å². The molecule has 1 unspecified atom stereocenters. The minimum atomic E-state index is -1.86. The van der Waals surface area contributed by atoms with E-state index in [2.05, 4.69) is 33.9 Å². The van der Waals surface area contributed by atoms with Gasteiger partial charge in [-0.15, -0.1) is 11.3 Å². The van der Waals surface area contributed by atoms with E-state index < -0.39 is 8.32 Å². The molecule has 0 spiro atoms. The highest BCUT2D eigenvalue weighted by atomic mass is 32.1. The van der Waals surface area contributed by atoms with Gasteiger partial charge in [0.25, 0.3) is 0 Å². The molecule has 1 aromatic heterocycles. The van der Waals surface area contributed by atoms with E-state index in [1.807, 2.05) is 12.1 Å². The molecule has 0 aliphatic heterocycles. The van der Waals surface area contributed by atoms with Crippen LogP contribution in [0.25, 0.3) is 0 Å². The first kappa shape index (κ1) is 21.1. The molecule has 4 nitrogen and oxygen atoms in total. The summed E-state index contributed by atoms with van der Waals surface area (Å²) in [5, 5.41) is 0.142. The first-order chi connectivity index (χ1) is 12.0. The Morgan fingerprint density at radius 3 is 2.58 bits per heavy atom. The fraction of sp³-hybridized carbons (Fsp3) is 0.600. The van der Waals surface area contributed by atoms with Gasteiger partial charge in [0, 0.05) is 11.3 Å². The lowest BCUT2D eigenvalue weighted by molar-refractivity contribution is -0.115. The molecule has 0 radical (unpaired) electrons. The third-order valence-corrected chi connectivity index (χ3v) is 10.9. The molecule has 1 aliphatic rings. The van der Waals surface area contributed by atoms with Crippen LogP contribution in [0.3, 0.4) is 0 Å². The average Bonchev–Trinajstić information content (AvgIpc) is 3.12. The van der Waals surface area contributed by atoms with Gasteiger partial charge in [0.05, 0.1) is 13.2 Å². The van der Waals surface area contributed by atoms with Crippen LogP contribution < -0.4 is 0 Å². The van der Waals surface area contributed by atoms with Crippen LogP contribution in [0, 0.1) is 0 Å². The number of aryl methyl sites for hydroxylation is 1. The Morgan fingerprint density at radius 2 is 1.96 bits per heavy atom. The summed E-state index contributed by atoms with van der Waals surface area (Å²) >= 11 is 1.46. The summed E-state index contributed by atoms with van der Waals surface area (Å²) in [4.78, 5) is 25.6. The van der Waals surface area contributed by atoms with Gasteiger partial charge >= 0.3 is 5.97 Å². The molecule has 1 aromatic rings. The maximum Gasteiger partial charge on any atom is 0.348 e. The highest BCUT2D eigenvalue weighted by Gasteiger charge is 2.40. The number of methoxy groups -OCH3 is 1. The Labute approximate surface area is 161 Å². The van der Waals surface area contributed by atoms with Crippen LogP contribution in [-0.4, -0.2) is 33.3 Å². The van der Waals surface area contributed by atoms with Crippen molar-refractivity contribution >= 4 is 31.4 Å². The SMILES string of the molecule is COC(=O)c1ccc(CCCC2=CC(O[Si](C)(C)C(C)(C)C)CC2=O)s1. The summed E-state index contributed by atoms with van der Waals surface area (Å²) in [5.41, 5.74) is 0.901. The second-order valence-corrected chi connectivity index (χ2v) is 14.3. The Kier molecular flexibility index (Phi) is 6.63. The normalized spacial score (nSPS) is 18.2. The van der Waals surface area contributed by atoms with Crippen molar-refractivity contribution in [2.45, 2.75) is 70.7 Å². The summed E-state index contributed by atoms with van der Waals surface area (Å²) in [6.07, 6.45) is 4.98. The first-order valence-corrected chi connectivity index (χ1v) is 12.8. The summed E-state index contributed by atoms with van der Waals surface area (Å²) < 4.78 is 11.1. The molecular weight excluding hydrogens is 364 g/mol. The van der Waals surface area contributed by atoms with Crippen molar-refractivity contribution in [1.29, 1.82) is 0 Å².